The van der Waals surface area contributed by atoms with Gasteiger partial charge >= 0.3 is 11.9 Å². The molecule has 0 aromatic heterocycles. The zero-order chi connectivity index (χ0) is 9.94. The van der Waals surface area contributed by atoms with E-state index < -0.39 is 17.4 Å². The van der Waals surface area contributed by atoms with Crippen molar-refractivity contribution in [2.24, 2.45) is 5.41 Å². The Morgan fingerprint density at radius 3 is 1.92 bits per heavy atom. The molecule has 0 aromatic rings. The second-order valence-electron chi connectivity index (χ2n) is 3.71. The SMILES string of the molecule is C=C(C)C(=O)OC(=O)C(C)(C)C. The van der Waals surface area contributed by atoms with Crippen LogP contribution in [0.3, 0.4) is 0 Å². The van der Waals surface area contributed by atoms with Gasteiger partial charge in [0.15, 0.2) is 0 Å². The van der Waals surface area contributed by atoms with Crippen LogP contribution in [0.4, 0.5) is 0 Å². The highest BCUT2D eigenvalue weighted by Crippen LogP contribution is 2.15. The van der Waals surface area contributed by atoms with Crippen LogP contribution in [0.1, 0.15) is 27.7 Å². The highest BCUT2D eigenvalue weighted by Gasteiger charge is 2.25. The van der Waals surface area contributed by atoms with E-state index in [0.717, 1.165) is 0 Å². The Morgan fingerprint density at radius 2 is 1.67 bits per heavy atom. The van der Waals surface area contributed by atoms with Crippen LogP contribution >= 0.6 is 0 Å². The van der Waals surface area contributed by atoms with Gasteiger partial charge in [-0.25, -0.2) is 4.79 Å². The van der Waals surface area contributed by atoms with Crippen LogP contribution in [0, 0.1) is 5.41 Å². The first-order valence-corrected chi connectivity index (χ1v) is 3.67. The van der Waals surface area contributed by atoms with Gasteiger partial charge in [0.2, 0.25) is 0 Å². The van der Waals surface area contributed by atoms with Gasteiger partial charge in [0.05, 0.1) is 5.41 Å². The van der Waals surface area contributed by atoms with E-state index in [1.54, 1.807) is 20.8 Å². The molecule has 0 fully saturated rings. The molecule has 0 saturated carbocycles. The lowest BCUT2D eigenvalue weighted by atomic mass is 9.97. The minimum absolute atomic E-state index is 0.229. The third-order valence-electron chi connectivity index (χ3n) is 1.15. The van der Waals surface area contributed by atoms with E-state index in [-0.39, 0.29) is 5.57 Å². The summed E-state index contributed by atoms with van der Waals surface area (Å²) in [5.41, 5.74) is -0.418. The molecular weight excluding hydrogens is 156 g/mol. The molecule has 0 N–H and O–H groups in total. The fraction of sp³-hybridized carbons (Fsp3) is 0.556. The summed E-state index contributed by atoms with van der Waals surface area (Å²) < 4.78 is 4.50. The number of carbonyl (C=O) groups excluding carboxylic acids is 2. The van der Waals surface area contributed by atoms with Crippen LogP contribution in [0.15, 0.2) is 12.2 Å². The number of esters is 2. The zero-order valence-electron chi connectivity index (χ0n) is 7.93. The van der Waals surface area contributed by atoms with Crippen molar-refractivity contribution in [3.8, 4) is 0 Å². The highest BCUT2D eigenvalue weighted by molar-refractivity contribution is 5.96. The third-order valence-corrected chi connectivity index (χ3v) is 1.15. The minimum Gasteiger partial charge on any atom is -0.389 e. The van der Waals surface area contributed by atoms with Gasteiger partial charge in [-0.1, -0.05) is 6.58 Å². The monoisotopic (exact) mass is 170 g/mol. The highest BCUT2D eigenvalue weighted by atomic mass is 16.6. The van der Waals surface area contributed by atoms with Crippen molar-refractivity contribution >= 4 is 11.9 Å². The Labute approximate surface area is 72.4 Å². The Hall–Kier alpha value is -1.12. The molecule has 0 aliphatic carbocycles. The summed E-state index contributed by atoms with van der Waals surface area (Å²) >= 11 is 0. The summed E-state index contributed by atoms with van der Waals surface area (Å²) in [6, 6.07) is 0. The maximum absolute atomic E-state index is 11.1. The lowest BCUT2D eigenvalue weighted by molar-refractivity contribution is -0.163. The van der Waals surface area contributed by atoms with Crippen LogP contribution in [0.2, 0.25) is 0 Å². The molecule has 68 valence electrons. The summed E-state index contributed by atoms with van der Waals surface area (Å²) in [7, 11) is 0. The lowest BCUT2D eigenvalue weighted by Gasteiger charge is -2.14. The average Bonchev–Trinajstić information content (AvgIpc) is 1.85. The molecule has 0 aliphatic rings. The summed E-state index contributed by atoms with van der Waals surface area (Å²) in [5, 5.41) is 0. The number of hydrogen-bond acceptors (Lipinski definition) is 3. The number of carbonyl (C=O) groups is 2. The predicted molar refractivity (Wildman–Crippen MR) is 45.4 cm³/mol. The van der Waals surface area contributed by atoms with Crippen molar-refractivity contribution < 1.29 is 14.3 Å². The molecule has 0 aromatic carbocycles. The van der Waals surface area contributed by atoms with E-state index in [1.807, 2.05) is 0 Å². The molecule has 3 heteroatoms. The summed E-state index contributed by atoms with van der Waals surface area (Å²) in [6.45, 7) is 9.91. The molecular formula is C9H14O3. The minimum atomic E-state index is -0.657. The molecule has 0 rings (SSSR count). The third kappa shape index (κ3) is 3.32. The smallest absolute Gasteiger partial charge is 0.340 e. The Kier molecular flexibility index (Phi) is 3.19. The van der Waals surface area contributed by atoms with E-state index in [2.05, 4.69) is 11.3 Å². The molecule has 12 heavy (non-hydrogen) atoms. The fourth-order valence-electron chi connectivity index (χ4n) is 0.324. The van der Waals surface area contributed by atoms with Gasteiger partial charge in [0.25, 0.3) is 0 Å². The Bertz CT molecular complexity index is 220. The molecule has 0 spiro atoms. The van der Waals surface area contributed by atoms with Gasteiger partial charge in [-0.3, -0.25) is 4.79 Å². The van der Waals surface area contributed by atoms with Crippen molar-refractivity contribution in [3.63, 3.8) is 0 Å². The second kappa shape index (κ2) is 3.52. The van der Waals surface area contributed by atoms with Crippen LogP contribution in [-0.2, 0) is 14.3 Å². The number of ether oxygens (including phenoxy) is 1. The van der Waals surface area contributed by atoms with Gasteiger partial charge in [-0.05, 0) is 27.7 Å². The maximum Gasteiger partial charge on any atom is 0.340 e. The van der Waals surface area contributed by atoms with E-state index >= 15 is 0 Å². The standard InChI is InChI=1S/C9H14O3/c1-6(2)7(10)12-8(11)9(3,4)5/h1H2,2-5H3. The lowest BCUT2D eigenvalue weighted by Crippen LogP contribution is -2.25. The summed E-state index contributed by atoms with van der Waals surface area (Å²) in [6.07, 6.45) is 0. The van der Waals surface area contributed by atoms with E-state index in [1.165, 1.54) is 6.92 Å². The summed E-state index contributed by atoms with van der Waals surface area (Å²) in [5.74, 6) is -1.19. The number of rotatable bonds is 1. The van der Waals surface area contributed by atoms with Crippen molar-refractivity contribution in [1.82, 2.24) is 0 Å². The first-order valence-electron chi connectivity index (χ1n) is 3.67. The first kappa shape index (κ1) is 10.9. The average molecular weight is 170 g/mol. The maximum atomic E-state index is 11.1. The van der Waals surface area contributed by atoms with Crippen LogP contribution in [0.25, 0.3) is 0 Å². The molecule has 0 radical (unpaired) electrons. The Balaban J connectivity index is 4.21. The molecule has 0 aliphatic heterocycles. The second-order valence-corrected chi connectivity index (χ2v) is 3.71. The van der Waals surface area contributed by atoms with Crippen molar-refractivity contribution in [2.75, 3.05) is 0 Å². The molecule has 3 nitrogen and oxygen atoms in total. The zero-order valence-corrected chi connectivity index (χ0v) is 7.93. The van der Waals surface area contributed by atoms with E-state index in [9.17, 15) is 9.59 Å². The van der Waals surface area contributed by atoms with Crippen LogP contribution < -0.4 is 0 Å². The molecule has 0 amide bonds. The van der Waals surface area contributed by atoms with E-state index in [4.69, 9.17) is 0 Å². The van der Waals surface area contributed by atoms with Crippen molar-refractivity contribution in [3.05, 3.63) is 12.2 Å². The molecule has 0 atom stereocenters. The molecule has 0 heterocycles. The van der Waals surface area contributed by atoms with Gasteiger partial charge in [0.1, 0.15) is 0 Å². The van der Waals surface area contributed by atoms with Crippen molar-refractivity contribution in [2.45, 2.75) is 27.7 Å². The predicted octanol–water partition coefficient (Wildman–Crippen LogP) is 1.68. The van der Waals surface area contributed by atoms with Gasteiger partial charge < -0.3 is 4.74 Å². The first-order chi connectivity index (χ1) is 5.25. The molecule has 0 bridgehead atoms. The normalized spacial score (nSPS) is 10.7. The van der Waals surface area contributed by atoms with Gasteiger partial charge in [-0.2, -0.15) is 0 Å². The van der Waals surface area contributed by atoms with E-state index in [0.29, 0.717) is 0 Å². The van der Waals surface area contributed by atoms with Gasteiger partial charge in [-0.15, -0.1) is 0 Å². The Morgan fingerprint density at radius 1 is 1.25 bits per heavy atom. The topological polar surface area (TPSA) is 43.4 Å². The quantitative estimate of drug-likeness (QED) is 0.341. The fourth-order valence-corrected chi connectivity index (χ4v) is 0.324. The van der Waals surface area contributed by atoms with Gasteiger partial charge in [0, 0.05) is 5.57 Å². The molecule has 0 saturated heterocycles. The van der Waals surface area contributed by atoms with Crippen LogP contribution in [-0.4, -0.2) is 11.9 Å². The largest absolute Gasteiger partial charge is 0.389 e. The number of hydrogen-bond donors (Lipinski definition) is 0. The molecule has 0 unspecified atom stereocenters. The van der Waals surface area contributed by atoms with Crippen molar-refractivity contribution in [1.29, 1.82) is 0 Å². The summed E-state index contributed by atoms with van der Waals surface area (Å²) in [4.78, 5) is 22.0. The van der Waals surface area contributed by atoms with Crippen LogP contribution in [0.5, 0.6) is 0 Å².